The van der Waals surface area contributed by atoms with Gasteiger partial charge in [0.1, 0.15) is 5.82 Å². The summed E-state index contributed by atoms with van der Waals surface area (Å²) in [6.45, 7) is 5.21. The van der Waals surface area contributed by atoms with Gasteiger partial charge in [0, 0.05) is 5.69 Å². The van der Waals surface area contributed by atoms with Crippen LogP contribution < -0.4 is 5.32 Å². The minimum absolute atomic E-state index is 0.203. The van der Waals surface area contributed by atoms with Crippen LogP contribution in [-0.2, 0) is 21.4 Å². The van der Waals surface area contributed by atoms with Crippen LogP contribution in [-0.4, -0.2) is 17.0 Å². The first-order valence-corrected chi connectivity index (χ1v) is 8.09. The molecule has 2 aromatic rings. The summed E-state index contributed by atoms with van der Waals surface area (Å²) in [4.78, 5) is 23.5. The maximum absolute atomic E-state index is 13.1. The standard InChI is InChI=1S/C20H22FNO3/c1-13(18(23)24)12-14-4-10-17(11-5-14)22-19(25)20(2,3)15-6-8-16(21)9-7-15/h4-11,13H,12H2,1-3H3,(H,22,25)(H,23,24). The number of halogens is 1. The van der Waals surface area contributed by atoms with Crippen LogP contribution in [0.15, 0.2) is 48.5 Å². The number of nitrogens with one attached hydrogen (secondary N) is 1. The van der Waals surface area contributed by atoms with Crippen LogP contribution in [0.5, 0.6) is 0 Å². The highest BCUT2D eigenvalue weighted by atomic mass is 19.1. The smallest absolute Gasteiger partial charge is 0.306 e. The third kappa shape index (κ3) is 4.66. The molecule has 0 saturated carbocycles. The van der Waals surface area contributed by atoms with Gasteiger partial charge in [0.25, 0.3) is 0 Å². The molecule has 1 amide bonds. The number of anilines is 1. The highest BCUT2D eigenvalue weighted by Crippen LogP contribution is 2.25. The molecule has 0 bridgehead atoms. The van der Waals surface area contributed by atoms with E-state index in [1.165, 1.54) is 12.1 Å². The highest BCUT2D eigenvalue weighted by Gasteiger charge is 2.29. The van der Waals surface area contributed by atoms with Crippen molar-refractivity contribution in [2.45, 2.75) is 32.6 Å². The minimum atomic E-state index is -0.835. The molecular formula is C20H22FNO3. The lowest BCUT2D eigenvalue weighted by atomic mass is 9.83. The molecule has 2 aromatic carbocycles. The maximum atomic E-state index is 13.1. The molecule has 0 radical (unpaired) electrons. The predicted molar refractivity (Wildman–Crippen MR) is 95.0 cm³/mol. The average Bonchev–Trinajstić information content (AvgIpc) is 2.56. The third-order valence-electron chi connectivity index (χ3n) is 4.31. The van der Waals surface area contributed by atoms with Crippen LogP contribution in [0, 0.1) is 11.7 Å². The number of rotatable bonds is 6. The lowest BCUT2D eigenvalue weighted by molar-refractivity contribution is -0.141. The number of benzene rings is 2. The van der Waals surface area contributed by atoms with Crippen molar-refractivity contribution in [2.24, 2.45) is 5.92 Å². The summed E-state index contributed by atoms with van der Waals surface area (Å²) in [5.74, 6) is -1.84. The second-order valence-electron chi connectivity index (χ2n) is 6.73. The normalized spacial score (nSPS) is 12.5. The van der Waals surface area contributed by atoms with E-state index in [4.69, 9.17) is 5.11 Å². The molecule has 0 aromatic heterocycles. The van der Waals surface area contributed by atoms with Gasteiger partial charge >= 0.3 is 5.97 Å². The largest absolute Gasteiger partial charge is 0.481 e. The molecule has 2 rings (SSSR count). The van der Waals surface area contributed by atoms with Crippen LogP contribution in [0.1, 0.15) is 31.9 Å². The van der Waals surface area contributed by atoms with E-state index in [0.29, 0.717) is 12.1 Å². The van der Waals surface area contributed by atoms with Crippen LogP contribution in [0.2, 0.25) is 0 Å². The summed E-state index contributed by atoms with van der Waals surface area (Å²) in [6.07, 6.45) is 0.435. The second-order valence-corrected chi connectivity index (χ2v) is 6.73. The third-order valence-corrected chi connectivity index (χ3v) is 4.31. The molecule has 0 aliphatic rings. The van der Waals surface area contributed by atoms with E-state index >= 15 is 0 Å². The van der Waals surface area contributed by atoms with Gasteiger partial charge in [0.05, 0.1) is 11.3 Å². The van der Waals surface area contributed by atoms with E-state index in [0.717, 1.165) is 11.1 Å². The number of hydrogen-bond donors (Lipinski definition) is 2. The van der Waals surface area contributed by atoms with Crippen molar-refractivity contribution in [3.05, 3.63) is 65.5 Å². The van der Waals surface area contributed by atoms with Crippen LogP contribution in [0.25, 0.3) is 0 Å². The van der Waals surface area contributed by atoms with Gasteiger partial charge in [0.2, 0.25) is 5.91 Å². The van der Waals surface area contributed by atoms with Crippen LogP contribution in [0.3, 0.4) is 0 Å². The fraction of sp³-hybridized carbons (Fsp3) is 0.300. The number of carboxylic acid groups (broad SMARTS) is 1. The van der Waals surface area contributed by atoms with Gasteiger partial charge in [-0.1, -0.05) is 31.2 Å². The zero-order chi connectivity index (χ0) is 18.6. The number of amides is 1. The van der Waals surface area contributed by atoms with E-state index in [1.807, 2.05) is 0 Å². The van der Waals surface area contributed by atoms with E-state index in [1.54, 1.807) is 57.2 Å². The Hall–Kier alpha value is -2.69. The molecule has 5 heteroatoms. The summed E-state index contributed by atoms with van der Waals surface area (Å²) in [5, 5.41) is 11.8. The van der Waals surface area contributed by atoms with E-state index in [9.17, 15) is 14.0 Å². The van der Waals surface area contributed by atoms with Gasteiger partial charge in [-0.25, -0.2) is 4.39 Å². The molecule has 0 heterocycles. The topological polar surface area (TPSA) is 66.4 Å². The predicted octanol–water partition coefficient (Wildman–Crippen LogP) is 4.01. The molecule has 0 aliphatic heterocycles. The zero-order valence-corrected chi connectivity index (χ0v) is 14.5. The monoisotopic (exact) mass is 343 g/mol. The summed E-state index contributed by atoms with van der Waals surface area (Å²) in [6, 6.07) is 13.0. The Morgan fingerprint density at radius 2 is 1.64 bits per heavy atom. The van der Waals surface area contributed by atoms with Gasteiger partial charge in [0.15, 0.2) is 0 Å². The lowest BCUT2D eigenvalue weighted by Crippen LogP contribution is -2.34. The first kappa shape index (κ1) is 18.6. The Bertz CT molecular complexity index is 752. The molecule has 1 atom stereocenters. The Kier molecular flexibility index (Phi) is 5.57. The van der Waals surface area contributed by atoms with Gasteiger partial charge in [-0.3, -0.25) is 9.59 Å². The van der Waals surface area contributed by atoms with E-state index < -0.39 is 17.3 Å². The number of carboxylic acids is 1. The summed E-state index contributed by atoms with van der Waals surface area (Å²) in [7, 11) is 0. The minimum Gasteiger partial charge on any atom is -0.481 e. The molecule has 4 nitrogen and oxygen atoms in total. The van der Waals surface area contributed by atoms with Crippen molar-refractivity contribution in [3.8, 4) is 0 Å². The Morgan fingerprint density at radius 3 is 2.16 bits per heavy atom. The quantitative estimate of drug-likeness (QED) is 0.833. The van der Waals surface area contributed by atoms with Gasteiger partial charge in [-0.2, -0.15) is 0 Å². The van der Waals surface area contributed by atoms with Crippen molar-refractivity contribution < 1.29 is 19.1 Å². The summed E-state index contributed by atoms with van der Waals surface area (Å²) < 4.78 is 13.1. The van der Waals surface area contributed by atoms with Crippen molar-refractivity contribution in [2.75, 3.05) is 5.32 Å². The van der Waals surface area contributed by atoms with Crippen molar-refractivity contribution in [3.63, 3.8) is 0 Å². The molecule has 0 saturated heterocycles. The molecule has 2 N–H and O–H groups in total. The highest BCUT2D eigenvalue weighted by molar-refractivity contribution is 5.98. The molecule has 0 fully saturated rings. The molecule has 0 aliphatic carbocycles. The van der Waals surface area contributed by atoms with Gasteiger partial charge < -0.3 is 10.4 Å². The molecule has 132 valence electrons. The zero-order valence-electron chi connectivity index (χ0n) is 14.5. The number of carbonyl (C=O) groups is 2. The fourth-order valence-electron chi connectivity index (χ4n) is 2.45. The number of aliphatic carboxylic acids is 1. The fourth-order valence-corrected chi connectivity index (χ4v) is 2.45. The van der Waals surface area contributed by atoms with Crippen LogP contribution >= 0.6 is 0 Å². The SMILES string of the molecule is CC(Cc1ccc(NC(=O)C(C)(C)c2ccc(F)cc2)cc1)C(=O)O. The second kappa shape index (κ2) is 7.47. The Balaban J connectivity index is 2.07. The van der Waals surface area contributed by atoms with Crippen LogP contribution in [0.4, 0.5) is 10.1 Å². The molecule has 0 spiro atoms. The molecule has 25 heavy (non-hydrogen) atoms. The maximum Gasteiger partial charge on any atom is 0.306 e. The number of carbonyl (C=O) groups excluding carboxylic acids is 1. The van der Waals surface area contributed by atoms with Gasteiger partial charge in [-0.15, -0.1) is 0 Å². The van der Waals surface area contributed by atoms with Crippen molar-refractivity contribution in [1.82, 2.24) is 0 Å². The molecule has 1 unspecified atom stereocenters. The average molecular weight is 343 g/mol. The Labute approximate surface area is 146 Å². The Morgan fingerprint density at radius 1 is 1.08 bits per heavy atom. The summed E-state index contributed by atoms with van der Waals surface area (Å²) >= 11 is 0. The van der Waals surface area contributed by atoms with Gasteiger partial charge in [-0.05, 0) is 55.7 Å². The first-order chi connectivity index (χ1) is 11.7. The summed E-state index contributed by atoms with van der Waals surface area (Å²) in [5.41, 5.74) is 1.43. The molecular weight excluding hydrogens is 321 g/mol. The number of hydrogen-bond acceptors (Lipinski definition) is 2. The van der Waals surface area contributed by atoms with Crippen molar-refractivity contribution >= 4 is 17.6 Å². The van der Waals surface area contributed by atoms with Crippen molar-refractivity contribution in [1.29, 1.82) is 0 Å². The van der Waals surface area contributed by atoms with E-state index in [-0.39, 0.29) is 11.7 Å². The lowest BCUT2D eigenvalue weighted by Gasteiger charge is -2.24. The first-order valence-electron chi connectivity index (χ1n) is 8.09. The van der Waals surface area contributed by atoms with E-state index in [2.05, 4.69) is 5.32 Å².